The van der Waals surface area contributed by atoms with Crippen LogP contribution in [0.3, 0.4) is 0 Å². The Bertz CT molecular complexity index is 664. The van der Waals surface area contributed by atoms with Gasteiger partial charge in [-0.15, -0.1) is 11.8 Å². The molecule has 0 aromatic heterocycles. The van der Waals surface area contributed by atoms with Crippen LogP contribution in [0.5, 0.6) is 0 Å². The second-order valence-electron chi connectivity index (χ2n) is 5.29. The van der Waals surface area contributed by atoms with Crippen LogP contribution in [-0.4, -0.2) is 37.6 Å². The minimum absolute atomic E-state index is 0.0223. The molecular weight excluding hydrogens is 332 g/mol. The van der Waals surface area contributed by atoms with Gasteiger partial charge >= 0.3 is 0 Å². The summed E-state index contributed by atoms with van der Waals surface area (Å²) in [6, 6.07) is 3.02. The van der Waals surface area contributed by atoms with Crippen molar-refractivity contribution in [3.63, 3.8) is 0 Å². The van der Waals surface area contributed by atoms with Gasteiger partial charge < -0.3 is 5.32 Å². The standard InChI is InChI=1S/C14H17F2NO3S2/c1-9(12-3-2-10(15)6-13(12)16)21-7-14(18)17-11-4-5-22(19,20)8-11/h2-3,6,9,11H,4-5,7-8H2,1H3,(H,17,18)/t9-,11+/m1/s1. The minimum atomic E-state index is -3.03. The molecule has 1 heterocycles. The number of carbonyl (C=O) groups is 1. The zero-order valence-corrected chi connectivity index (χ0v) is 13.6. The van der Waals surface area contributed by atoms with Crippen LogP contribution in [0.2, 0.25) is 0 Å². The molecule has 1 aromatic carbocycles. The first-order valence-corrected chi connectivity index (χ1v) is 9.70. The molecule has 1 amide bonds. The lowest BCUT2D eigenvalue weighted by molar-refractivity contribution is -0.119. The number of thioether (sulfide) groups is 1. The Hall–Kier alpha value is -1.15. The van der Waals surface area contributed by atoms with Gasteiger partial charge in [-0.25, -0.2) is 17.2 Å². The lowest BCUT2D eigenvalue weighted by atomic mass is 10.1. The monoisotopic (exact) mass is 349 g/mol. The summed E-state index contributed by atoms with van der Waals surface area (Å²) in [6.07, 6.45) is 0.431. The van der Waals surface area contributed by atoms with Crippen molar-refractivity contribution in [1.82, 2.24) is 5.32 Å². The van der Waals surface area contributed by atoms with Crippen LogP contribution in [-0.2, 0) is 14.6 Å². The number of carbonyl (C=O) groups excluding carboxylic acids is 1. The fourth-order valence-electron chi connectivity index (χ4n) is 2.30. The topological polar surface area (TPSA) is 63.2 Å². The van der Waals surface area contributed by atoms with Crippen molar-refractivity contribution in [1.29, 1.82) is 0 Å². The SMILES string of the molecule is C[C@@H](SCC(=O)N[C@H]1CCS(=O)(=O)C1)c1ccc(F)cc1F. The van der Waals surface area contributed by atoms with Gasteiger partial charge in [-0.05, 0) is 19.4 Å². The summed E-state index contributed by atoms with van der Waals surface area (Å²) >= 11 is 1.22. The third-order valence-corrected chi connectivity index (χ3v) is 6.41. The van der Waals surface area contributed by atoms with Crippen molar-refractivity contribution < 1.29 is 22.0 Å². The number of hydrogen-bond acceptors (Lipinski definition) is 4. The van der Waals surface area contributed by atoms with E-state index < -0.39 is 21.5 Å². The molecule has 0 aliphatic carbocycles. The van der Waals surface area contributed by atoms with E-state index in [1.54, 1.807) is 6.92 Å². The molecule has 1 N–H and O–H groups in total. The van der Waals surface area contributed by atoms with Gasteiger partial charge in [0.05, 0.1) is 17.3 Å². The van der Waals surface area contributed by atoms with E-state index in [1.165, 1.54) is 23.9 Å². The Balaban J connectivity index is 1.83. The van der Waals surface area contributed by atoms with Crippen molar-refractivity contribution in [2.45, 2.75) is 24.6 Å². The van der Waals surface area contributed by atoms with Gasteiger partial charge in [-0.1, -0.05) is 6.07 Å². The molecule has 1 fully saturated rings. The zero-order valence-electron chi connectivity index (χ0n) is 12.0. The highest BCUT2D eigenvalue weighted by Crippen LogP contribution is 2.30. The van der Waals surface area contributed by atoms with Crippen molar-refractivity contribution in [3.05, 3.63) is 35.4 Å². The van der Waals surface area contributed by atoms with Crippen molar-refractivity contribution in [2.24, 2.45) is 0 Å². The van der Waals surface area contributed by atoms with E-state index >= 15 is 0 Å². The van der Waals surface area contributed by atoms with Gasteiger partial charge in [0.1, 0.15) is 11.6 Å². The largest absolute Gasteiger partial charge is 0.352 e. The van der Waals surface area contributed by atoms with E-state index in [-0.39, 0.29) is 34.5 Å². The van der Waals surface area contributed by atoms with Gasteiger partial charge in [0.2, 0.25) is 5.91 Å². The quantitative estimate of drug-likeness (QED) is 0.884. The average molecular weight is 349 g/mol. The maximum Gasteiger partial charge on any atom is 0.230 e. The minimum Gasteiger partial charge on any atom is -0.352 e. The predicted molar refractivity (Wildman–Crippen MR) is 82.4 cm³/mol. The number of nitrogens with one attached hydrogen (secondary N) is 1. The lowest BCUT2D eigenvalue weighted by Crippen LogP contribution is -2.36. The molecule has 0 saturated carbocycles. The first-order chi connectivity index (χ1) is 10.3. The summed E-state index contributed by atoms with van der Waals surface area (Å²) in [5.74, 6) is -1.38. The van der Waals surface area contributed by atoms with Crippen molar-refractivity contribution in [3.8, 4) is 0 Å². The smallest absolute Gasteiger partial charge is 0.230 e. The molecule has 1 aliphatic heterocycles. The molecule has 0 bridgehead atoms. The van der Waals surface area contributed by atoms with Gasteiger partial charge in [-0.3, -0.25) is 4.79 Å². The second kappa shape index (κ2) is 6.95. The summed E-state index contributed by atoms with van der Waals surface area (Å²) in [5.41, 5.74) is 0.336. The van der Waals surface area contributed by atoms with E-state index in [0.29, 0.717) is 12.0 Å². The number of amides is 1. The number of hydrogen-bond donors (Lipinski definition) is 1. The molecule has 0 spiro atoms. The molecular formula is C14H17F2NO3S2. The fraction of sp³-hybridized carbons (Fsp3) is 0.500. The highest BCUT2D eigenvalue weighted by molar-refractivity contribution is 8.00. The van der Waals surface area contributed by atoms with Crippen LogP contribution in [0.4, 0.5) is 8.78 Å². The van der Waals surface area contributed by atoms with Gasteiger partial charge in [0, 0.05) is 22.9 Å². The highest BCUT2D eigenvalue weighted by atomic mass is 32.2. The number of sulfone groups is 1. The van der Waals surface area contributed by atoms with Crippen LogP contribution in [0.25, 0.3) is 0 Å². The van der Waals surface area contributed by atoms with Crippen LogP contribution in [0.15, 0.2) is 18.2 Å². The third kappa shape index (κ3) is 4.67. The van der Waals surface area contributed by atoms with Gasteiger partial charge in [0.25, 0.3) is 0 Å². The van der Waals surface area contributed by atoms with Crippen LogP contribution in [0.1, 0.15) is 24.2 Å². The molecule has 1 saturated heterocycles. The van der Waals surface area contributed by atoms with Gasteiger partial charge in [0.15, 0.2) is 9.84 Å². The Morgan fingerprint density at radius 1 is 1.45 bits per heavy atom. The summed E-state index contributed by atoms with van der Waals surface area (Å²) in [6.45, 7) is 1.73. The van der Waals surface area contributed by atoms with Crippen LogP contribution >= 0.6 is 11.8 Å². The van der Waals surface area contributed by atoms with Crippen molar-refractivity contribution in [2.75, 3.05) is 17.3 Å². The molecule has 0 unspecified atom stereocenters. The van der Waals surface area contributed by atoms with E-state index in [0.717, 1.165) is 6.07 Å². The molecule has 4 nitrogen and oxygen atoms in total. The lowest BCUT2D eigenvalue weighted by Gasteiger charge is -2.14. The summed E-state index contributed by atoms with van der Waals surface area (Å²) in [4.78, 5) is 11.8. The molecule has 122 valence electrons. The molecule has 22 heavy (non-hydrogen) atoms. The van der Waals surface area contributed by atoms with E-state index in [9.17, 15) is 22.0 Å². The van der Waals surface area contributed by atoms with E-state index in [2.05, 4.69) is 5.32 Å². The Labute approximate surface area is 132 Å². The van der Waals surface area contributed by atoms with E-state index in [1.807, 2.05) is 0 Å². The van der Waals surface area contributed by atoms with Crippen LogP contribution in [0, 0.1) is 11.6 Å². The zero-order chi connectivity index (χ0) is 16.3. The van der Waals surface area contributed by atoms with Gasteiger partial charge in [-0.2, -0.15) is 0 Å². The molecule has 8 heteroatoms. The summed E-state index contributed by atoms with van der Waals surface area (Å²) in [7, 11) is -3.03. The highest BCUT2D eigenvalue weighted by Gasteiger charge is 2.28. The third-order valence-electron chi connectivity index (χ3n) is 3.46. The Morgan fingerprint density at radius 2 is 2.18 bits per heavy atom. The summed E-state index contributed by atoms with van der Waals surface area (Å²) in [5, 5.41) is 2.37. The number of halogens is 2. The Morgan fingerprint density at radius 3 is 2.77 bits per heavy atom. The molecule has 2 rings (SSSR count). The maximum atomic E-state index is 13.6. The number of benzene rings is 1. The molecule has 2 atom stereocenters. The first kappa shape index (κ1) is 17.2. The first-order valence-electron chi connectivity index (χ1n) is 6.83. The normalized spacial score (nSPS) is 21.5. The number of rotatable bonds is 5. The summed E-state index contributed by atoms with van der Waals surface area (Å²) < 4.78 is 49.1. The van der Waals surface area contributed by atoms with Crippen molar-refractivity contribution >= 4 is 27.5 Å². The van der Waals surface area contributed by atoms with E-state index in [4.69, 9.17) is 0 Å². The predicted octanol–water partition coefficient (Wildman–Crippen LogP) is 2.06. The Kier molecular flexibility index (Phi) is 5.44. The molecule has 1 aliphatic rings. The second-order valence-corrected chi connectivity index (χ2v) is 8.84. The maximum absolute atomic E-state index is 13.6. The molecule has 0 radical (unpaired) electrons. The average Bonchev–Trinajstić information content (AvgIpc) is 2.75. The van der Waals surface area contributed by atoms with Crippen LogP contribution < -0.4 is 5.32 Å². The fourth-order valence-corrected chi connectivity index (χ4v) is 4.83. The molecule has 1 aromatic rings.